The first kappa shape index (κ1) is 30.7. The molecule has 1 amide bonds. The molecule has 1 N–H and O–H groups in total. The number of rotatable bonds is 10. The second-order valence-corrected chi connectivity index (χ2v) is 13.3. The Morgan fingerprint density at radius 3 is 2.62 bits per heavy atom. The van der Waals surface area contributed by atoms with E-state index in [0.717, 1.165) is 49.5 Å². The summed E-state index contributed by atoms with van der Waals surface area (Å²) >= 11 is 0. The van der Waals surface area contributed by atoms with Crippen LogP contribution in [0.5, 0.6) is 5.75 Å². The number of nitriles is 1. The molecule has 1 aromatic carbocycles. The number of ether oxygens (including phenoxy) is 2. The van der Waals surface area contributed by atoms with E-state index in [1.54, 1.807) is 40.0 Å². The van der Waals surface area contributed by atoms with Crippen LogP contribution in [0.1, 0.15) is 36.8 Å². The zero-order valence-corrected chi connectivity index (χ0v) is 26.6. The second kappa shape index (κ2) is 12.8. The molecule has 5 atom stereocenters. The van der Waals surface area contributed by atoms with Gasteiger partial charge in [0.2, 0.25) is 0 Å². The fourth-order valence-electron chi connectivity index (χ4n) is 8.01. The highest BCUT2D eigenvalue weighted by Crippen LogP contribution is 2.36. The lowest BCUT2D eigenvalue weighted by Crippen LogP contribution is -2.71. The minimum atomic E-state index is -1.28. The Labute approximate surface area is 278 Å². The number of aliphatic hydroxyl groups is 1. The van der Waals surface area contributed by atoms with Crippen molar-refractivity contribution in [3.63, 3.8) is 0 Å². The number of benzene rings is 1. The molecule has 11 nitrogen and oxygen atoms in total. The molecule has 5 saturated heterocycles. The van der Waals surface area contributed by atoms with Gasteiger partial charge in [0.1, 0.15) is 29.6 Å². The first-order valence-electron chi connectivity index (χ1n) is 16.8. The molecule has 4 aromatic rings. The largest absolute Gasteiger partial charge is 0.492 e. The molecule has 0 aliphatic carbocycles. The lowest BCUT2D eigenvalue weighted by Gasteiger charge is -2.57. The van der Waals surface area contributed by atoms with Crippen molar-refractivity contribution in [2.24, 2.45) is 0 Å². The lowest BCUT2D eigenvalue weighted by molar-refractivity contribution is -0.155. The number of halogens is 1. The van der Waals surface area contributed by atoms with Gasteiger partial charge in [-0.05, 0) is 55.5 Å². The third kappa shape index (κ3) is 5.66. The van der Waals surface area contributed by atoms with E-state index in [1.165, 1.54) is 18.9 Å². The van der Waals surface area contributed by atoms with Crippen molar-refractivity contribution in [1.29, 1.82) is 5.26 Å². The first-order chi connectivity index (χ1) is 23.5. The predicted octanol–water partition coefficient (Wildman–Crippen LogP) is 3.43. The highest BCUT2D eigenvalue weighted by Gasteiger charge is 2.48. The second-order valence-electron chi connectivity index (χ2n) is 13.3. The van der Waals surface area contributed by atoms with Gasteiger partial charge in [-0.15, -0.1) is 0 Å². The molecule has 5 fully saturated rings. The number of piperazine rings is 1. The molecular formula is C36H38FN7O4. The molecule has 48 heavy (non-hydrogen) atoms. The van der Waals surface area contributed by atoms with E-state index in [0.29, 0.717) is 54.2 Å². The van der Waals surface area contributed by atoms with Crippen molar-refractivity contribution in [1.82, 2.24) is 24.4 Å². The van der Waals surface area contributed by atoms with Crippen molar-refractivity contribution in [3.8, 4) is 22.9 Å². The van der Waals surface area contributed by atoms with E-state index in [-0.39, 0.29) is 24.4 Å². The van der Waals surface area contributed by atoms with Crippen molar-refractivity contribution in [2.75, 3.05) is 44.4 Å². The molecule has 0 saturated carbocycles. The molecule has 3 aromatic heterocycles. The molecule has 5 unspecified atom stereocenters. The molecule has 4 bridgehead atoms. The van der Waals surface area contributed by atoms with Gasteiger partial charge in [0.25, 0.3) is 5.91 Å². The first-order valence-corrected chi connectivity index (χ1v) is 16.8. The van der Waals surface area contributed by atoms with Crippen LogP contribution in [0.25, 0.3) is 16.6 Å². The summed E-state index contributed by atoms with van der Waals surface area (Å²) in [4.78, 5) is 24.4. The summed E-state index contributed by atoms with van der Waals surface area (Å²) in [7, 11) is 0. The third-order valence-corrected chi connectivity index (χ3v) is 10.4. The zero-order chi connectivity index (χ0) is 32.8. The van der Waals surface area contributed by atoms with Gasteiger partial charge in [-0.2, -0.15) is 10.4 Å². The Kier molecular flexibility index (Phi) is 8.20. The summed E-state index contributed by atoms with van der Waals surface area (Å²) in [6, 6.07) is 15.4. The highest BCUT2D eigenvalue weighted by molar-refractivity contribution is 5.85. The number of morpholine rings is 1. The maximum Gasteiger partial charge on any atom is 0.252 e. The molecule has 5 aliphatic rings. The fourth-order valence-corrected chi connectivity index (χ4v) is 8.01. The van der Waals surface area contributed by atoms with Crippen molar-refractivity contribution >= 4 is 17.2 Å². The molecule has 8 heterocycles. The average Bonchev–Trinajstić information content (AvgIpc) is 3.62. The Hall–Kier alpha value is -4.57. The van der Waals surface area contributed by atoms with Crippen molar-refractivity contribution < 1.29 is 23.8 Å². The Balaban J connectivity index is 0.929. The number of nitrogens with zero attached hydrogens (tertiary/aromatic N) is 7. The molecule has 12 heteroatoms. The van der Waals surface area contributed by atoms with Crippen LogP contribution in [0.4, 0.5) is 10.2 Å². The average molecular weight is 652 g/mol. The van der Waals surface area contributed by atoms with Crippen molar-refractivity contribution in [2.45, 2.75) is 62.4 Å². The van der Waals surface area contributed by atoms with Gasteiger partial charge in [-0.25, -0.2) is 13.9 Å². The van der Waals surface area contributed by atoms with E-state index < -0.39 is 11.9 Å². The number of aliphatic hydroxyl groups excluding tert-OH is 1. The summed E-state index contributed by atoms with van der Waals surface area (Å²) in [5.41, 5.74) is 3.16. The highest BCUT2D eigenvalue weighted by atomic mass is 19.1. The summed E-state index contributed by atoms with van der Waals surface area (Å²) < 4.78 is 27.7. The van der Waals surface area contributed by atoms with Crippen LogP contribution in [-0.2, 0) is 16.0 Å². The lowest BCUT2D eigenvalue weighted by atomic mass is 9.86. The van der Waals surface area contributed by atoms with Crippen LogP contribution in [0.2, 0.25) is 0 Å². The zero-order valence-electron chi connectivity index (χ0n) is 26.6. The number of pyridine rings is 2. The number of hydrogen-bond acceptors (Lipinski definition) is 9. The molecule has 0 radical (unpaired) electrons. The van der Waals surface area contributed by atoms with Crippen LogP contribution in [-0.4, -0.2) is 105 Å². The van der Waals surface area contributed by atoms with Gasteiger partial charge in [0.05, 0.1) is 55.4 Å². The molecule has 5 aliphatic heterocycles. The number of aromatic nitrogens is 3. The molecule has 248 valence electrons. The normalized spacial score (nSPS) is 23.9. The summed E-state index contributed by atoms with van der Waals surface area (Å²) in [5, 5.41) is 24.9. The van der Waals surface area contributed by atoms with Crippen LogP contribution in [0, 0.1) is 17.1 Å². The summed E-state index contributed by atoms with van der Waals surface area (Å²) in [6.07, 6.45) is 8.05. The van der Waals surface area contributed by atoms with Gasteiger partial charge in [0.15, 0.2) is 0 Å². The van der Waals surface area contributed by atoms with E-state index in [4.69, 9.17) is 14.5 Å². The quantitative estimate of drug-likeness (QED) is 0.257. The minimum absolute atomic E-state index is 0.0372. The summed E-state index contributed by atoms with van der Waals surface area (Å²) in [6.45, 7) is 4.40. The number of amides is 1. The van der Waals surface area contributed by atoms with Crippen LogP contribution < -0.4 is 9.64 Å². The fraction of sp³-hybridized carbons (Fsp3) is 0.444. The van der Waals surface area contributed by atoms with Gasteiger partial charge >= 0.3 is 0 Å². The number of fused-ring (bicyclic) bond motifs is 5. The van der Waals surface area contributed by atoms with E-state index >= 15 is 0 Å². The number of anilines is 1. The number of carbonyl (C=O) groups excluding carboxylic acids is 1. The number of hydrogen-bond donors (Lipinski definition) is 1. The summed E-state index contributed by atoms with van der Waals surface area (Å²) in [5.74, 6) is 0.701. The van der Waals surface area contributed by atoms with Crippen LogP contribution >= 0.6 is 0 Å². The monoisotopic (exact) mass is 651 g/mol. The standard InChI is InChI=1S/C36H38FN7O4/c37-32-5-2-1-4-23(32)12-33(45)36(46)44-28-13-29(44)19-41(18-28)34-9-6-24(16-39-34)31-14-30(20-43-35(31)25(15-38)17-40-43)48-11-3-10-42-26-7-8-27(42)22-47-21-26/h1-2,4-6,9,14,16-17,20,26-29,33,45H,3,7-8,10-13,18-19,21-22H2. The van der Waals surface area contributed by atoms with E-state index in [2.05, 4.69) is 21.0 Å². The topological polar surface area (TPSA) is 119 Å². The van der Waals surface area contributed by atoms with Gasteiger partial charge < -0.3 is 24.4 Å². The number of piperidine rings is 1. The molecule has 9 rings (SSSR count). The van der Waals surface area contributed by atoms with Crippen LogP contribution in [0.3, 0.4) is 0 Å². The molecule has 0 spiro atoms. The minimum Gasteiger partial charge on any atom is -0.492 e. The smallest absolute Gasteiger partial charge is 0.252 e. The maximum atomic E-state index is 14.1. The Morgan fingerprint density at radius 2 is 1.90 bits per heavy atom. The van der Waals surface area contributed by atoms with Crippen molar-refractivity contribution in [3.05, 3.63) is 78.0 Å². The van der Waals surface area contributed by atoms with Gasteiger partial charge in [0, 0.05) is 55.5 Å². The van der Waals surface area contributed by atoms with E-state index in [9.17, 15) is 19.6 Å². The molecular weight excluding hydrogens is 613 g/mol. The Morgan fingerprint density at radius 1 is 1.10 bits per heavy atom. The Bertz CT molecular complexity index is 1830. The van der Waals surface area contributed by atoms with Crippen LogP contribution in [0.15, 0.2) is 61.1 Å². The van der Waals surface area contributed by atoms with Gasteiger partial charge in [-0.3, -0.25) is 9.69 Å². The van der Waals surface area contributed by atoms with Gasteiger partial charge in [-0.1, -0.05) is 18.2 Å². The van der Waals surface area contributed by atoms with E-state index in [1.807, 2.05) is 24.4 Å². The maximum absolute atomic E-state index is 14.1. The predicted molar refractivity (Wildman–Crippen MR) is 175 cm³/mol. The SMILES string of the molecule is N#Cc1cnn2cc(OCCCN3C4CCC3COC4)cc(-c3ccc(N4CC5CC(C4)N5C(=O)C(O)Cc4ccccc4F)nc3)c12. The number of carbonyl (C=O) groups is 1. The third-order valence-electron chi connectivity index (χ3n) is 10.4.